The van der Waals surface area contributed by atoms with Crippen molar-refractivity contribution in [2.75, 3.05) is 31.6 Å². The summed E-state index contributed by atoms with van der Waals surface area (Å²) in [6.07, 6.45) is 2.80. The molecule has 18 heavy (non-hydrogen) atoms. The Morgan fingerprint density at radius 1 is 1.39 bits per heavy atom. The molecule has 3 nitrogen and oxygen atoms in total. The van der Waals surface area contributed by atoms with E-state index in [1.807, 2.05) is 19.1 Å². The van der Waals surface area contributed by atoms with Crippen LogP contribution in [-0.2, 0) is 4.74 Å². The first-order chi connectivity index (χ1) is 8.77. The number of ether oxygens (including phenoxy) is 1. The van der Waals surface area contributed by atoms with Crippen molar-refractivity contribution in [1.29, 1.82) is 0 Å². The molecule has 1 atom stereocenters. The first kappa shape index (κ1) is 13.7. The van der Waals surface area contributed by atoms with Crippen molar-refractivity contribution in [3.63, 3.8) is 0 Å². The molecule has 1 aromatic carbocycles. The van der Waals surface area contributed by atoms with Crippen LogP contribution < -0.4 is 10.6 Å². The lowest BCUT2D eigenvalue weighted by atomic mass is 10.2. The van der Waals surface area contributed by atoms with Gasteiger partial charge in [0.15, 0.2) is 0 Å². The zero-order valence-corrected chi connectivity index (χ0v) is 11.6. The maximum atomic E-state index is 6.07. The molecule has 0 spiro atoms. The van der Waals surface area contributed by atoms with Crippen molar-refractivity contribution in [3.05, 3.63) is 28.8 Å². The second kappa shape index (κ2) is 6.98. The highest BCUT2D eigenvalue weighted by molar-refractivity contribution is 6.31. The van der Waals surface area contributed by atoms with Gasteiger partial charge in [-0.2, -0.15) is 0 Å². The Hall–Kier alpha value is -0.770. The predicted molar refractivity (Wildman–Crippen MR) is 76.5 cm³/mol. The molecule has 1 heterocycles. The molecule has 4 heteroatoms. The molecule has 0 radical (unpaired) electrons. The van der Waals surface area contributed by atoms with Crippen molar-refractivity contribution in [1.82, 2.24) is 5.32 Å². The molecule has 1 unspecified atom stereocenters. The first-order valence-corrected chi connectivity index (χ1v) is 6.96. The number of anilines is 1. The molecular weight excluding hydrogens is 248 g/mol. The molecule has 2 N–H and O–H groups in total. The van der Waals surface area contributed by atoms with Gasteiger partial charge in [0.2, 0.25) is 0 Å². The molecule has 0 saturated carbocycles. The summed E-state index contributed by atoms with van der Waals surface area (Å²) in [5, 5.41) is 7.61. The Balaban J connectivity index is 1.64. The summed E-state index contributed by atoms with van der Waals surface area (Å²) in [4.78, 5) is 0. The highest BCUT2D eigenvalue weighted by atomic mass is 35.5. The van der Waals surface area contributed by atoms with Gasteiger partial charge >= 0.3 is 0 Å². The zero-order valence-electron chi connectivity index (χ0n) is 10.8. The van der Waals surface area contributed by atoms with Crippen molar-refractivity contribution >= 4 is 17.3 Å². The SMILES string of the molecule is Cc1c(Cl)cccc1NCCNCC1CCCO1. The average Bonchev–Trinajstić information content (AvgIpc) is 2.87. The molecule has 100 valence electrons. The highest BCUT2D eigenvalue weighted by Crippen LogP contribution is 2.22. The van der Waals surface area contributed by atoms with Crippen LogP contribution in [0, 0.1) is 6.92 Å². The third kappa shape index (κ3) is 3.87. The molecule has 1 aliphatic heterocycles. The molecule has 0 aromatic heterocycles. The van der Waals surface area contributed by atoms with E-state index in [1.165, 1.54) is 12.8 Å². The maximum absolute atomic E-state index is 6.07. The van der Waals surface area contributed by atoms with Gasteiger partial charge in [-0.25, -0.2) is 0 Å². The summed E-state index contributed by atoms with van der Waals surface area (Å²) in [6.45, 7) is 5.74. The van der Waals surface area contributed by atoms with Gasteiger partial charge in [0.1, 0.15) is 0 Å². The third-order valence-corrected chi connectivity index (χ3v) is 3.69. The van der Waals surface area contributed by atoms with E-state index < -0.39 is 0 Å². The molecule has 0 aliphatic carbocycles. The van der Waals surface area contributed by atoms with E-state index in [-0.39, 0.29) is 0 Å². The molecule has 0 amide bonds. The van der Waals surface area contributed by atoms with Crippen LogP contribution in [0.5, 0.6) is 0 Å². The van der Waals surface area contributed by atoms with Gasteiger partial charge in [-0.05, 0) is 37.5 Å². The molecular formula is C14H21ClN2O. The lowest BCUT2D eigenvalue weighted by Crippen LogP contribution is -2.30. The van der Waals surface area contributed by atoms with Gasteiger partial charge in [-0.3, -0.25) is 0 Å². The van der Waals surface area contributed by atoms with Crippen LogP contribution in [0.25, 0.3) is 0 Å². The minimum absolute atomic E-state index is 0.415. The number of benzene rings is 1. The van der Waals surface area contributed by atoms with Crippen molar-refractivity contribution in [2.24, 2.45) is 0 Å². The molecule has 1 aliphatic rings. The quantitative estimate of drug-likeness (QED) is 0.779. The van der Waals surface area contributed by atoms with Crippen molar-refractivity contribution in [2.45, 2.75) is 25.9 Å². The van der Waals surface area contributed by atoms with E-state index in [2.05, 4.69) is 16.7 Å². The third-order valence-electron chi connectivity index (χ3n) is 3.28. The summed E-state index contributed by atoms with van der Waals surface area (Å²) < 4.78 is 5.55. The van der Waals surface area contributed by atoms with Gasteiger partial charge < -0.3 is 15.4 Å². The average molecular weight is 269 g/mol. The lowest BCUT2D eigenvalue weighted by molar-refractivity contribution is 0.110. The van der Waals surface area contributed by atoms with E-state index in [1.54, 1.807) is 0 Å². The standard InChI is InChI=1S/C14H21ClN2O/c1-11-13(15)5-2-6-14(11)17-8-7-16-10-12-4-3-9-18-12/h2,5-6,12,16-17H,3-4,7-10H2,1H3. The van der Waals surface area contributed by atoms with Crippen LogP contribution >= 0.6 is 11.6 Å². The highest BCUT2D eigenvalue weighted by Gasteiger charge is 2.14. The van der Waals surface area contributed by atoms with Crippen LogP contribution in [0.3, 0.4) is 0 Å². The zero-order chi connectivity index (χ0) is 12.8. The second-order valence-corrected chi connectivity index (χ2v) is 5.09. The predicted octanol–water partition coefficient (Wildman–Crippen LogP) is 2.83. The minimum atomic E-state index is 0.415. The van der Waals surface area contributed by atoms with E-state index in [0.29, 0.717) is 6.10 Å². The number of rotatable bonds is 6. The number of halogens is 1. The number of nitrogens with one attached hydrogen (secondary N) is 2. The first-order valence-electron chi connectivity index (χ1n) is 6.58. The maximum Gasteiger partial charge on any atom is 0.0700 e. The fraction of sp³-hybridized carbons (Fsp3) is 0.571. The number of hydrogen-bond acceptors (Lipinski definition) is 3. The minimum Gasteiger partial charge on any atom is -0.384 e. The summed E-state index contributed by atoms with van der Waals surface area (Å²) in [6, 6.07) is 5.94. The van der Waals surface area contributed by atoms with Crippen LogP contribution in [-0.4, -0.2) is 32.3 Å². The molecule has 1 aromatic rings. The van der Waals surface area contributed by atoms with E-state index >= 15 is 0 Å². The summed E-state index contributed by atoms with van der Waals surface area (Å²) in [5.41, 5.74) is 2.22. The molecule has 1 fully saturated rings. The monoisotopic (exact) mass is 268 g/mol. The van der Waals surface area contributed by atoms with Gasteiger partial charge in [0.25, 0.3) is 0 Å². The Morgan fingerprint density at radius 2 is 2.28 bits per heavy atom. The summed E-state index contributed by atoms with van der Waals surface area (Å²) >= 11 is 6.07. The molecule has 1 saturated heterocycles. The number of hydrogen-bond donors (Lipinski definition) is 2. The van der Waals surface area contributed by atoms with Crippen LogP contribution in [0.2, 0.25) is 5.02 Å². The second-order valence-electron chi connectivity index (χ2n) is 4.68. The van der Waals surface area contributed by atoms with Gasteiger partial charge in [-0.15, -0.1) is 0 Å². The van der Waals surface area contributed by atoms with Gasteiger partial charge in [0, 0.05) is 37.0 Å². The largest absolute Gasteiger partial charge is 0.384 e. The Labute approximate surface area is 114 Å². The Bertz CT molecular complexity index is 378. The van der Waals surface area contributed by atoms with Crippen LogP contribution in [0.4, 0.5) is 5.69 Å². The Kier molecular flexibility index (Phi) is 5.29. The van der Waals surface area contributed by atoms with Crippen LogP contribution in [0.1, 0.15) is 18.4 Å². The van der Waals surface area contributed by atoms with Gasteiger partial charge in [-0.1, -0.05) is 17.7 Å². The van der Waals surface area contributed by atoms with E-state index in [0.717, 1.165) is 42.5 Å². The van der Waals surface area contributed by atoms with Gasteiger partial charge in [0.05, 0.1) is 6.10 Å². The smallest absolute Gasteiger partial charge is 0.0700 e. The topological polar surface area (TPSA) is 33.3 Å². The van der Waals surface area contributed by atoms with Crippen molar-refractivity contribution < 1.29 is 4.74 Å². The van der Waals surface area contributed by atoms with E-state index in [4.69, 9.17) is 16.3 Å². The fourth-order valence-electron chi connectivity index (χ4n) is 2.15. The normalized spacial score (nSPS) is 19.1. The molecule has 0 bridgehead atoms. The molecule has 2 rings (SSSR count). The Morgan fingerprint density at radius 3 is 3.06 bits per heavy atom. The summed E-state index contributed by atoms with van der Waals surface area (Å²) in [7, 11) is 0. The van der Waals surface area contributed by atoms with Crippen molar-refractivity contribution in [3.8, 4) is 0 Å². The summed E-state index contributed by atoms with van der Waals surface area (Å²) in [5.74, 6) is 0. The lowest BCUT2D eigenvalue weighted by Gasteiger charge is -2.13. The van der Waals surface area contributed by atoms with E-state index in [9.17, 15) is 0 Å². The van der Waals surface area contributed by atoms with Crippen LogP contribution in [0.15, 0.2) is 18.2 Å². The fourth-order valence-corrected chi connectivity index (χ4v) is 2.33.